The van der Waals surface area contributed by atoms with Crippen molar-refractivity contribution in [1.82, 2.24) is 9.55 Å². The van der Waals surface area contributed by atoms with Crippen molar-refractivity contribution in [3.63, 3.8) is 0 Å². The average Bonchev–Trinajstić information content (AvgIpc) is 2.97. The number of nitrogens with one attached hydrogen (secondary N) is 1. The number of rotatable bonds is 3. The Hall–Kier alpha value is -2.86. The zero-order chi connectivity index (χ0) is 16.7. The van der Waals surface area contributed by atoms with Crippen LogP contribution in [0.4, 0.5) is 11.4 Å². The van der Waals surface area contributed by atoms with Crippen LogP contribution in [0.1, 0.15) is 6.92 Å². The van der Waals surface area contributed by atoms with E-state index in [2.05, 4.69) is 17.2 Å². The molecule has 4 rings (SSSR count). The van der Waals surface area contributed by atoms with Crippen LogP contribution in [0.2, 0.25) is 0 Å². The van der Waals surface area contributed by atoms with E-state index < -0.39 is 0 Å². The Morgan fingerprint density at radius 1 is 1.21 bits per heavy atom. The van der Waals surface area contributed by atoms with Gasteiger partial charge in [-0.1, -0.05) is 0 Å². The standard InChI is InChI=1S/C18H16N4OS/c1-2-20-14-7-9-21-17-15(14)13-8-10-22(18(23)16(13)24-17)12-5-3-11(19)4-6-12/h3-10H,2,19H2,1H3,(H,20,21). The zero-order valence-corrected chi connectivity index (χ0v) is 13.9. The predicted octanol–water partition coefficient (Wildman–Crippen LogP) is 3.61. The first kappa shape index (κ1) is 14.7. The first-order valence-electron chi connectivity index (χ1n) is 7.71. The Bertz CT molecular complexity index is 1100. The minimum Gasteiger partial charge on any atom is -0.399 e. The van der Waals surface area contributed by atoms with E-state index in [-0.39, 0.29) is 5.56 Å². The summed E-state index contributed by atoms with van der Waals surface area (Å²) in [7, 11) is 0. The molecule has 0 aliphatic carbocycles. The highest BCUT2D eigenvalue weighted by Gasteiger charge is 2.14. The second-order valence-electron chi connectivity index (χ2n) is 5.50. The molecule has 0 fully saturated rings. The molecule has 0 saturated carbocycles. The van der Waals surface area contributed by atoms with Crippen molar-refractivity contribution >= 4 is 43.0 Å². The van der Waals surface area contributed by atoms with Gasteiger partial charge >= 0.3 is 0 Å². The summed E-state index contributed by atoms with van der Waals surface area (Å²) in [6.45, 7) is 2.87. The maximum absolute atomic E-state index is 12.9. The minimum absolute atomic E-state index is 0.0391. The van der Waals surface area contributed by atoms with E-state index in [1.807, 2.05) is 30.5 Å². The fraction of sp³-hybridized carbons (Fsp3) is 0.111. The number of aromatic nitrogens is 2. The topological polar surface area (TPSA) is 72.9 Å². The van der Waals surface area contributed by atoms with Gasteiger partial charge in [0.15, 0.2) is 0 Å². The van der Waals surface area contributed by atoms with E-state index in [0.717, 1.165) is 33.5 Å². The Morgan fingerprint density at radius 3 is 2.75 bits per heavy atom. The van der Waals surface area contributed by atoms with Gasteiger partial charge in [-0.15, -0.1) is 11.3 Å². The molecular weight excluding hydrogens is 320 g/mol. The van der Waals surface area contributed by atoms with Gasteiger partial charge in [-0.25, -0.2) is 4.98 Å². The number of nitrogens with two attached hydrogens (primary N) is 1. The fourth-order valence-electron chi connectivity index (χ4n) is 2.87. The first-order chi connectivity index (χ1) is 11.7. The van der Waals surface area contributed by atoms with Crippen LogP contribution in [-0.4, -0.2) is 16.1 Å². The number of benzene rings is 1. The zero-order valence-electron chi connectivity index (χ0n) is 13.1. The van der Waals surface area contributed by atoms with Gasteiger partial charge in [0.2, 0.25) is 0 Å². The van der Waals surface area contributed by atoms with Crippen LogP contribution < -0.4 is 16.6 Å². The molecule has 0 unspecified atom stereocenters. The number of fused-ring (bicyclic) bond motifs is 3. The number of nitrogen functional groups attached to an aromatic ring is 1. The van der Waals surface area contributed by atoms with Crippen molar-refractivity contribution in [2.75, 3.05) is 17.6 Å². The summed E-state index contributed by atoms with van der Waals surface area (Å²) in [5.74, 6) is 0. The van der Waals surface area contributed by atoms with Gasteiger partial charge in [0, 0.05) is 46.8 Å². The lowest BCUT2D eigenvalue weighted by Gasteiger charge is -2.07. The molecule has 0 spiro atoms. The third-order valence-corrected chi connectivity index (χ3v) is 5.07. The second kappa shape index (κ2) is 5.65. The van der Waals surface area contributed by atoms with Gasteiger partial charge in [-0.05, 0) is 43.3 Å². The largest absolute Gasteiger partial charge is 0.399 e. The van der Waals surface area contributed by atoms with Crippen LogP contribution in [0.15, 0.2) is 53.6 Å². The Balaban J connectivity index is 2.00. The van der Waals surface area contributed by atoms with Crippen molar-refractivity contribution in [1.29, 1.82) is 0 Å². The third kappa shape index (κ3) is 2.23. The SMILES string of the molecule is CCNc1ccnc2sc3c(=O)n(-c4ccc(N)cc4)ccc3c12. The minimum atomic E-state index is -0.0391. The summed E-state index contributed by atoms with van der Waals surface area (Å²) in [6.07, 6.45) is 3.58. The van der Waals surface area contributed by atoms with E-state index in [9.17, 15) is 4.79 Å². The first-order valence-corrected chi connectivity index (χ1v) is 8.53. The van der Waals surface area contributed by atoms with Crippen molar-refractivity contribution < 1.29 is 0 Å². The Morgan fingerprint density at radius 2 is 2.00 bits per heavy atom. The monoisotopic (exact) mass is 336 g/mol. The molecule has 6 heteroatoms. The molecule has 0 radical (unpaired) electrons. The van der Waals surface area contributed by atoms with Crippen LogP contribution >= 0.6 is 11.3 Å². The summed E-state index contributed by atoms with van der Waals surface area (Å²) >= 11 is 1.43. The molecule has 120 valence electrons. The molecule has 24 heavy (non-hydrogen) atoms. The molecule has 3 aromatic heterocycles. The van der Waals surface area contributed by atoms with E-state index in [1.165, 1.54) is 11.3 Å². The van der Waals surface area contributed by atoms with Gasteiger partial charge in [-0.2, -0.15) is 0 Å². The molecule has 4 aromatic rings. The summed E-state index contributed by atoms with van der Waals surface area (Å²) in [6, 6.07) is 11.2. The lowest BCUT2D eigenvalue weighted by Crippen LogP contribution is -2.16. The molecule has 0 saturated heterocycles. The summed E-state index contributed by atoms with van der Waals surface area (Å²) in [5, 5.41) is 5.30. The normalized spacial score (nSPS) is 11.2. The molecule has 0 aliphatic rings. The van der Waals surface area contributed by atoms with E-state index in [0.29, 0.717) is 10.4 Å². The highest BCUT2D eigenvalue weighted by molar-refractivity contribution is 7.25. The number of hydrogen-bond donors (Lipinski definition) is 2. The average molecular weight is 336 g/mol. The van der Waals surface area contributed by atoms with Gasteiger partial charge in [0.05, 0.1) is 0 Å². The van der Waals surface area contributed by atoms with E-state index in [4.69, 9.17) is 5.73 Å². The van der Waals surface area contributed by atoms with Gasteiger partial charge in [-0.3, -0.25) is 9.36 Å². The van der Waals surface area contributed by atoms with E-state index in [1.54, 1.807) is 22.9 Å². The summed E-state index contributed by atoms with van der Waals surface area (Å²) in [5.41, 5.74) is 8.18. The van der Waals surface area contributed by atoms with Gasteiger partial charge in [0.25, 0.3) is 5.56 Å². The molecule has 1 aromatic carbocycles. The van der Waals surface area contributed by atoms with Crippen LogP contribution in [0, 0.1) is 0 Å². The van der Waals surface area contributed by atoms with Crippen molar-refractivity contribution in [2.24, 2.45) is 0 Å². The summed E-state index contributed by atoms with van der Waals surface area (Å²) in [4.78, 5) is 18.2. The smallest absolute Gasteiger partial charge is 0.273 e. The highest BCUT2D eigenvalue weighted by Crippen LogP contribution is 2.35. The lowest BCUT2D eigenvalue weighted by molar-refractivity contribution is 1.01. The number of thiophene rings is 1. The van der Waals surface area contributed by atoms with Crippen LogP contribution in [-0.2, 0) is 0 Å². The maximum Gasteiger partial charge on any atom is 0.273 e. The molecule has 0 bridgehead atoms. The van der Waals surface area contributed by atoms with Crippen LogP contribution in [0.25, 0.3) is 26.0 Å². The molecular formula is C18H16N4OS. The third-order valence-electron chi connectivity index (χ3n) is 3.97. The number of hydrogen-bond acceptors (Lipinski definition) is 5. The van der Waals surface area contributed by atoms with Crippen molar-refractivity contribution in [3.05, 3.63) is 59.1 Å². The fourth-order valence-corrected chi connectivity index (χ4v) is 3.96. The molecule has 3 N–H and O–H groups in total. The van der Waals surface area contributed by atoms with Crippen molar-refractivity contribution in [3.8, 4) is 5.69 Å². The predicted molar refractivity (Wildman–Crippen MR) is 101 cm³/mol. The van der Waals surface area contributed by atoms with Gasteiger partial charge < -0.3 is 11.1 Å². The van der Waals surface area contributed by atoms with Crippen LogP contribution in [0.3, 0.4) is 0 Å². The Kier molecular flexibility index (Phi) is 3.46. The molecule has 3 heterocycles. The van der Waals surface area contributed by atoms with Crippen molar-refractivity contribution in [2.45, 2.75) is 6.92 Å². The molecule has 5 nitrogen and oxygen atoms in total. The quantitative estimate of drug-likeness (QED) is 0.561. The maximum atomic E-state index is 12.9. The molecule has 0 aliphatic heterocycles. The van der Waals surface area contributed by atoms with Crippen LogP contribution in [0.5, 0.6) is 0 Å². The number of nitrogens with zero attached hydrogens (tertiary/aromatic N) is 2. The second-order valence-corrected chi connectivity index (χ2v) is 6.50. The lowest BCUT2D eigenvalue weighted by atomic mass is 10.2. The molecule has 0 atom stereocenters. The van der Waals surface area contributed by atoms with Gasteiger partial charge in [0.1, 0.15) is 9.53 Å². The number of pyridine rings is 2. The summed E-state index contributed by atoms with van der Waals surface area (Å²) < 4.78 is 2.35. The highest BCUT2D eigenvalue weighted by atomic mass is 32.1. The Labute approximate surface area is 142 Å². The van der Waals surface area contributed by atoms with E-state index >= 15 is 0 Å². The molecule has 0 amide bonds. The number of anilines is 2.